The average Bonchev–Trinajstić information content (AvgIpc) is 2.77. The summed E-state index contributed by atoms with van der Waals surface area (Å²) in [5.41, 5.74) is 2.58. The molecule has 1 N–H and O–H groups in total. The van der Waals surface area contributed by atoms with Crippen LogP contribution in [-0.4, -0.2) is 41.0 Å². The summed E-state index contributed by atoms with van der Waals surface area (Å²) in [4.78, 5) is 6.88. The van der Waals surface area contributed by atoms with E-state index in [1.807, 2.05) is 33.0 Å². The lowest BCUT2D eigenvalue weighted by Crippen LogP contribution is -2.44. The van der Waals surface area contributed by atoms with E-state index in [1.165, 1.54) is 12.1 Å². The summed E-state index contributed by atoms with van der Waals surface area (Å²) in [6.07, 6.45) is 1.83. The van der Waals surface area contributed by atoms with Gasteiger partial charge in [-0.15, -0.1) is 5.10 Å². The van der Waals surface area contributed by atoms with E-state index >= 15 is 0 Å². The van der Waals surface area contributed by atoms with E-state index in [2.05, 4.69) is 38.4 Å². The van der Waals surface area contributed by atoms with Gasteiger partial charge >= 0.3 is 0 Å². The highest BCUT2D eigenvalue weighted by atomic mass is 19.1. The van der Waals surface area contributed by atoms with Crippen molar-refractivity contribution >= 4 is 22.4 Å². The fraction of sp³-hybridized carbons (Fsp3) is 0.391. The Balaban J connectivity index is 1.74. The number of nitrogens with one attached hydrogen (secondary N) is 1. The number of halogens is 1. The highest BCUT2D eigenvalue weighted by molar-refractivity contribution is 5.94. The second-order valence-electron chi connectivity index (χ2n) is 7.98. The molecule has 1 saturated heterocycles. The van der Waals surface area contributed by atoms with Crippen molar-refractivity contribution in [3.05, 3.63) is 52.6 Å². The zero-order valence-corrected chi connectivity index (χ0v) is 18.1. The second kappa shape index (κ2) is 8.44. The lowest BCUT2D eigenvalue weighted by molar-refractivity contribution is 0.0985. The van der Waals surface area contributed by atoms with Crippen LogP contribution in [0.15, 0.2) is 24.4 Å². The van der Waals surface area contributed by atoms with Crippen LogP contribution in [-0.2, 0) is 4.74 Å². The van der Waals surface area contributed by atoms with Crippen LogP contribution in [0.2, 0.25) is 0 Å². The Morgan fingerprint density at radius 3 is 2.81 bits per heavy atom. The van der Waals surface area contributed by atoms with Gasteiger partial charge in [-0.3, -0.25) is 0 Å². The largest absolute Gasteiger partial charge is 0.377 e. The van der Waals surface area contributed by atoms with E-state index in [9.17, 15) is 9.65 Å². The fourth-order valence-corrected chi connectivity index (χ4v) is 4.04. The first-order valence-corrected chi connectivity index (χ1v) is 10.3. The van der Waals surface area contributed by atoms with Crippen LogP contribution < -0.4 is 10.2 Å². The number of benzene rings is 1. The minimum atomic E-state index is -0.432. The van der Waals surface area contributed by atoms with E-state index in [1.54, 1.807) is 0 Å². The number of aryl methyl sites for hydroxylation is 1. The third-order valence-electron chi connectivity index (χ3n) is 5.85. The molecule has 0 unspecified atom stereocenters. The Bertz CT molecular complexity index is 1170. The molecule has 1 aliphatic heterocycles. The van der Waals surface area contributed by atoms with Crippen molar-refractivity contribution in [2.75, 3.05) is 30.0 Å². The van der Waals surface area contributed by atoms with Crippen molar-refractivity contribution in [1.29, 1.82) is 5.26 Å². The minimum absolute atomic E-state index is 0.226. The van der Waals surface area contributed by atoms with Gasteiger partial charge in [0.05, 0.1) is 42.6 Å². The number of rotatable bonds is 4. The SMILES string of the molecule is Cc1c(C#N)cc(F)cc1[C@@H](C)Nc1nnc(C)c2cnc(N3CCOC[C@H]3C)cc12. The molecular weight excluding hydrogens is 395 g/mol. The average molecular weight is 420 g/mol. The van der Waals surface area contributed by atoms with Gasteiger partial charge in [-0.1, -0.05) is 0 Å². The van der Waals surface area contributed by atoms with Gasteiger partial charge < -0.3 is 15.0 Å². The Labute approximate surface area is 180 Å². The van der Waals surface area contributed by atoms with Crippen molar-refractivity contribution in [3.8, 4) is 6.07 Å². The lowest BCUT2D eigenvalue weighted by Gasteiger charge is -2.34. The lowest BCUT2D eigenvalue weighted by atomic mass is 9.97. The van der Waals surface area contributed by atoms with Crippen LogP contribution in [0.1, 0.15) is 42.3 Å². The maximum absolute atomic E-state index is 14.1. The number of ether oxygens (including phenoxy) is 1. The van der Waals surface area contributed by atoms with Gasteiger partial charge in [-0.05, 0) is 57.0 Å². The van der Waals surface area contributed by atoms with E-state index in [4.69, 9.17) is 4.74 Å². The second-order valence-corrected chi connectivity index (χ2v) is 7.98. The fourth-order valence-electron chi connectivity index (χ4n) is 4.04. The summed E-state index contributed by atoms with van der Waals surface area (Å²) in [6, 6.07) is 6.75. The summed E-state index contributed by atoms with van der Waals surface area (Å²) in [6.45, 7) is 9.86. The summed E-state index contributed by atoms with van der Waals surface area (Å²) in [5, 5.41) is 23.1. The first kappa shape index (κ1) is 20.9. The van der Waals surface area contributed by atoms with Crippen molar-refractivity contribution < 1.29 is 9.13 Å². The molecule has 7 nitrogen and oxygen atoms in total. The van der Waals surface area contributed by atoms with Gasteiger partial charge in [0.2, 0.25) is 0 Å². The molecule has 8 heteroatoms. The highest BCUT2D eigenvalue weighted by Gasteiger charge is 2.22. The smallest absolute Gasteiger partial charge is 0.157 e. The standard InChI is InChI=1S/C23H25FN6O/c1-13-12-31-6-5-30(13)22-9-20-21(11-26-22)16(4)28-29-23(20)27-15(3)19-8-18(24)7-17(10-25)14(19)2/h7-9,11,13,15H,5-6,12H2,1-4H3,(H,27,29)/t13-,15-/m1/s1. The Hall–Kier alpha value is -3.31. The molecule has 0 amide bonds. The number of fused-ring (bicyclic) bond motifs is 1. The van der Waals surface area contributed by atoms with E-state index < -0.39 is 5.82 Å². The Morgan fingerprint density at radius 2 is 2.06 bits per heavy atom. The molecule has 2 aromatic heterocycles. The maximum atomic E-state index is 14.1. The van der Waals surface area contributed by atoms with Gasteiger partial charge in [-0.2, -0.15) is 10.4 Å². The van der Waals surface area contributed by atoms with E-state index in [0.29, 0.717) is 30.2 Å². The molecule has 3 heterocycles. The number of morpholine rings is 1. The normalized spacial score (nSPS) is 17.4. The van der Waals surface area contributed by atoms with Crippen molar-refractivity contribution in [2.24, 2.45) is 0 Å². The monoisotopic (exact) mass is 420 g/mol. The Kier molecular flexibility index (Phi) is 5.70. The van der Waals surface area contributed by atoms with Crippen LogP contribution in [0.5, 0.6) is 0 Å². The van der Waals surface area contributed by atoms with Crippen molar-refractivity contribution in [2.45, 2.75) is 39.8 Å². The van der Waals surface area contributed by atoms with Crippen LogP contribution >= 0.6 is 0 Å². The highest BCUT2D eigenvalue weighted by Crippen LogP contribution is 2.31. The molecule has 0 radical (unpaired) electrons. The third-order valence-corrected chi connectivity index (χ3v) is 5.85. The molecule has 160 valence electrons. The van der Waals surface area contributed by atoms with Gasteiger partial charge in [0.15, 0.2) is 5.82 Å². The summed E-state index contributed by atoms with van der Waals surface area (Å²) in [7, 11) is 0. The minimum Gasteiger partial charge on any atom is -0.377 e. The predicted octanol–water partition coefficient (Wildman–Crippen LogP) is 4.05. The predicted molar refractivity (Wildman–Crippen MR) is 118 cm³/mol. The molecule has 0 spiro atoms. The molecule has 1 aliphatic rings. The molecule has 4 rings (SSSR count). The van der Waals surface area contributed by atoms with Crippen LogP contribution in [0, 0.1) is 31.0 Å². The van der Waals surface area contributed by atoms with Crippen molar-refractivity contribution in [1.82, 2.24) is 15.2 Å². The number of anilines is 2. The van der Waals surface area contributed by atoms with Crippen molar-refractivity contribution in [3.63, 3.8) is 0 Å². The zero-order chi connectivity index (χ0) is 22.1. The maximum Gasteiger partial charge on any atom is 0.157 e. The number of nitriles is 1. The van der Waals surface area contributed by atoms with Gasteiger partial charge in [0.25, 0.3) is 0 Å². The molecule has 0 bridgehead atoms. The summed E-state index contributed by atoms with van der Waals surface area (Å²) >= 11 is 0. The molecule has 0 saturated carbocycles. The molecule has 1 fully saturated rings. The number of aromatic nitrogens is 3. The van der Waals surface area contributed by atoms with E-state index in [-0.39, 0.29) is 12.1 Å². The molecule has 0 aliphatic carbocycles. The summed E-state index contributed by atoms with van der Waals surface area (Å²) in [5.74, 6) is 1.03. The van der Waals surface area contributed by atoms with Crippen LogP contribution in [0.3, 0.4) is 0 Å². The van der Waals surface area contributed by atoms with Crippen LogP contribution in [0.25, 0.3) is 10.8 Å². The van der Waals surface area contributed by atoms with Gasteiger partial charge in [-0.25, -0.2) is 9.37 Å². The van der Waals surface area contributed by atoms with Crippen LogP contribution in [0.4, 0.5) is 16.0 Å². The number of hydrogen-bond donors (Lipinski definition) is 1. The van der Waals surface area contributed by atoms with Gasteiger partial charge in [0, 0.05) is 23.5 Å². The quantitative estimate of drug-likeness (QED) is 0.681. The zero-order valence-electron chi connectivity index (χ0n) is 18.1. The Morgan fingerprint density at radius 1 is 1.26 bits per heavy atom. The number of hydrogen-bond acceptors (Lipinski definition) is 7. The first-order valence-electron chi connectivity index (χ1n) is 10.3. The molecular formula is C23H25FN6O. The van der Waals surface area contributed by atoms with E-state index in [0.717, 1.165) is 34.4 Å². The molecule has 2 atom stereocenters. The number of pyridine rings is 1. The topological polar surface area (TPSA) is 87.0 Å². The van der Waals surface area contributed by atoms with Gasteiger partial charge in [0.1, 0.15) is 11.6 Å². The summed E-state index contributed by atoms with van der Waals surface area (Å²) < 4.78 is 19.6. The molecule has 1 aromatic carbocycles. The molecule has 31 heavy (non-hydrogen) atoms. The number of nitrogens with zero attached hydrogens (tertiary/aromatic N) is 5. The third kappa shape index (κ3) is 4.01. The molecule has 3 aromatic rings. The first-order chi connectivity index (χ1) is 14.9.